The van der Waals surface area contributed by atoms with E-state index in [1.165, 1.54) is 44.2 Å². The van der Waals surface area contributed by atoms with E-state index >= 15 is 0 Å². The number of anilines is 2. The molecule has 0 atom stereocenters. The van der Waals surface area contributed by atoms with Crippen molar-refractivity contribution in [2.45, 2.75) is 20.3 Å². The summed E-state index contributed by atoms with van der Waals surface area (Å²) in [6.07, 6.45) is 1.12. The van der Waals surface area contributed by atoms with Gasteiger partial charge in [0.2, 0.25) is 0 Å². The highest BCUT2D eigenvalue weighted by Crippen LogP contribution is 2.34. The van der Waals surface area contributed by atoms with Gasteiger partial charge in [0.25, 0.3) is 0 Å². The van der Waals surface area contributed by atoms with Crippen molar-refractivity contribution < 1.29 is 0 Å². The number of nitrogens with one attached hydrogen (secondary N) is 1. The number of aromatic nitrogens is 1. The molecule has 0 saturated heterocycles. The molecule has 2 nitrogen and oxygen atoms in total. The summed E-state index contributed by atoms with van der Waals surface area (Å²) < 4.78 is 2.35. The van der Waals surface area contributed by atoms with Gasteiger partial charge in [-0.25, -0.2) is 0 Å². The maximum atomic E-state index is 3.62. The first-order valence-electron chi connectivity index (χ1n) is 12.7. The number of hydrogen-bond acceptors (Lipinski definition) is 1. The topological polar surface area (TPSA) is 17.0 Å². The van der Waals surface area contributed by atoms with E-state index in [0.717, 1.165) is 17.8 Å². The SMILES string of the molecule is CC(C)Cc1ccc(-c2ccc(Nc3ccc4c5ccccc5n(-c5ccccc5)c4c3)cc2)cc1. The lowest BCUT2D eigenvalue weighted by molar-refractivity contribution is 0.647. The van der Waals surface area contributed by atoms with E-state index in [9.17, 15) is 0 Å². The number of nitrogens with zero attached hydrogens (tertiary/aromatic N) is 1. The Bertz CT molecular complexity index is 1620. The van der Waals surface area contributed by atoms with Gasteiger partial charge < -0.3 is 9.88 Å². The molecule has 0 radical (unpaired) electrons. The van der Waals surface area contributed by atoms with E-state index in [2.05, 4.69) is 145 Å². The van der Waals surface area contributed by atoms with Crippen molar-refractivity contribution in [1.29, 1.82) is 0 Å². The maximum absolute atomic E-state index is 3.62. The van der Waals surface area contributed by atoms with Crippen LogP contribution in [0.1, 0.15) is 19.4 Å². The van der Waals surface area contributed by atoms with E-state index in [-0.39, 0.29) is 0 Å². The van der Waals surface area contributed by atoms with Crippen molar-refractivity contribution in [2.75, 3.05) is 5.32 Å². The first-order valence-corrected chi connectivity index (χ1v) is 12.7. The highest BCUT2D eigenvalue weighted by atomic mass is 15.0. The van der Waals surface area contributed by atoms with Crippen molar-refractivity contribution >= 4 is 33.2 Å². The van der Waals surface area contributed by atoms with Crippen LogP contribution in [0.4, 0.5) is 11.4 Å². The molecule has 1 heterocycles. The molecule has 0 aliphatic rings. The average Bonchev–Trinajstić information content (AvgIpc) is 3.23. The first kappa shape index (κ1) is 22.2. The molecule has 5 aromatic carbocycles. The molecule has 6 rings (SSSR count). The summed E-state index contributed by atoms with van der Waals surface area (Å²) in [6, 6.07) is 43.5. The second-order valence-corrected chi connectivity index (χ2v) is 9.92. The molecule has 0 aliphatic heterocycles. The Morgan fingerprint density at radius 2 is 1.19 bits per heavy atom. The average molecular weight is 467 g/mol. The van der Waals surface area contributed by atoms with Gasteiger partial charge in [-0.3, -0.25) is 0 Å². The zero-order valence-electron chi connectivity index (χ0n) is 20.8. The minimum absolute atomic E-state index is 0.675. The number of hydrogen-bond donors (Lipinski definition) is 1. The van der Waals surface area contributed by atoms with Crippen molar-refractivity contribution in [1.82, 2.24) is 4.57 Å². The molecule has 0 bridgehead atoms. The van der Waals surface area contributed by atoms with Gasteiger partial charge >= 0.3 is 0 Å². The fraction of sp³-hybridized carbons (Fsp3) is 0.118. The second kappa shape index (κ2) is 9.39. The third kappa shape index (κ3) is 4.27. The lowest BCUT2D eigenvalue weighted by Crippen LogP contribution is -1.95. The third-order valence-electron chi connectivity index (χ3n) is 6.79. The molecule has 36 heavy (non-hydrogen) atoms. The molecule has 1 aromatic heterocycles. The number of fused-ring (bicyclic) bond motifs is 3. The van der Waals surface area contributed by atoms with E-state index in [0.29, 0.717) is 5.92 Å². The Balaban J connectivity index is 1.31. The van der Waals surface area contributed by atoms with E-state index in [1.54, 1.807) is 0 Å². The van der Waals surface area contributed by atoms with Gasteiger partial charge in [-0.15, -0.1) is 0 Å². The van der Waals surface area contributed by atoms with Crippen LogP contribution in [0.15, 0.2) is 121 Å². The van der Waals surface area contributed by atoms with Crippen LogP contribution in [-0.2, 0) is 6.42 Å². The summed E-state index contributed by atoms with van der Waals surface area (Å²) >= 11 is 0. The first-order chi connectivity index (χ1) is 17.7. The minimum atomic E-state index is 0.675. The molecular weight excluding hydrogens is 436 g/mol. The molecular formula is C34H30N2. The van der Waals surface area contributed by atoms with Gasteiger partial charge in [-0.05, 0) is 71.5 Å². The summed E-state index contributed by atoms with van der Waals surface area (Å²) in [7, 11) is 0. The lowest BCUT2D eigenvalue weighted by atomic mass is 9.99. The summed E-state index contributed by atoms with van der Waals surface area (Å²) in [5, 5.41) is 6.15. The van der Waals surface area contributed by atoms with Crippen molar-refractivity contribution in [3.8, 4) is 16.8 Å². The molecule has 176 valence electrons. The number of para-hydroxylation sites is 2. The Labute approximate surface area is 212 Å². The highest BCUT2D eigenvalue weighted by Gasteiger charge is 2.12. The van der Waals surface area contributed by atoms with Crippen molar-refractivity contribution in [2.24, 2.45) is 5.92 Å². The third-order valence-corrected chi connectivity index (χ3v) is 6.79. The predicted octanol–water partition coefficient (Wildman–Crippen LogP) is 9.39. The maximum Gasteiger partial charge on any atom is 0.0561 e. The zero-order valence-corrected chi connectivity index (χ0v) is 20.8. The normalized spacial score (nSPS) is 11.4. The molecule has 0 spiro atoms. The van der Waals surface area contributed by atoms with Crippen LogP contribution in [0.5, 0.6) is 0 Å². The Kier molecular flexibility index (Phi) is 5.79. The van der Waals surface area contributed by atoms with E-state index < -0.39 is 0 Å². The number of rotatable bonds is 6. The molecule has 0 fully saturated rings. The standard InChI is InChI=1S/C34H30N2/c1-24(2)22-25-12-14-26(15-13-25)27-16-18-28(19-17-27)35-29-20-21-32-31-10-6-7-11-33(31)36(34(32)23-29)30-8-4-3-5-9-30/h3-21,23-24,35H,22H2,1-2H3. The molecule has 0 amide bonds. The smallest absolute Gasteiger partial charge is 0.0561 e. The Morgan fingerprint density at radius 1 is 0.583 bits per heavy atom. The van der Waals surface area contributed by atoms with Gasteiger partial charge in [0.15, 0.2) is 0 Å². The predicted molar refractivity (Wildman–Crippen MR) is 154 cm³/mol. The Morgan fingerprint density at radius 3 is 1.92 bits per heavy atom. The largest absolute Gasteiger partial charge is 0.355 e. The van der Waals surface area contributed by atoms with Crippen LogP contribution in [0, 0.1) is 5.92 Å². The monoisotopic (exact) mass is 466 g/mol. The molecule has 0 unspecified atom stereocenters. The minimum Gasteiger partial charge on any atom is -0.355 e. The van der Waals surface area contributed by atoms with Gasteiger partial charge in [0.1, 0.15) is 0 Å². The van der Waals surface area contributed by atoms with Crippen LogP contribution in [-0.4, -0.2) is 4.57 Å². The molecule has 0 aliphatic carbocycles. The number of benzene rings is 5. The lowest BCUT2D eigenvalue weighted by Gasteiger charge is -2.11. The van der Waals surface area contributed by atoms with Gasteiger partial charge in [0.05, 0.1) is 11.0 Å². The van der Waals surface area contributed by atoms with Crippen LogP contribution in [0.25, 0.3) is 38.6 Å². The molecule has 1 N–H and O–H groups in total. The van der Waals surface area contributed by atoms with Gasteiger partial charge in [-0.2, -0.15) is 0 Å². The summed E-state index contributed by atoms with van der Waals surface area (Å²) in [4.78, 5) is 0. The van der Waals surface area contributed by atoms with Crippen molar-refractivity contribution in [3.63, 3.8) is 0 Å². The highest BCUT2D eigenvalue weighted by molar-refractivity contribution is 6.10. The van der Waals surface area contributed by atoms with Crippen LogP contribution >= 0.6 is 0 Å². The van der Waals surface area contributed by atoms with Gasteiger partial charge in [-0.1, -0.05) is 92.7 Å². The summed E-state index contributed by atoms with van der Waals surface area (Å²) in [5.41, 5.74) is 9.63. The fourth-order valence-electron chi connectivity index (χ4n) is 5.12. The van der Waals surface area contributed by atoms with Gasteiger partial charge in [0, 0.05) is 27.8 Å². The zero-order chi connectivity index (χ0) is 24.5. The van der Waals surface area contributed by atoms with Crippen LogP contribution < -0.4 is 5.32 Å². The van der Waals surface area contributed by atoms with Crippen molar-refractivity contribution in [3.05, 3.63) is 127 Å². The summed E-state index contributed by atoms with van der Waals surface area (Å²) in [5.74, 6) is 0.675. The Hall–Kier alpha value is -4.30. The summed E-state index contributed by atoms with van der Waals surface area (Å²) in [6.45, 7) is 4.53. The fourth-order valence-corrected chi connectivity index (χ4v) is 5.12. The van der Waals surface area contributed by atoms with E-state index in [1.807, 2.05) is 0 Å². The quantitative estimate of drug-likeness (QED) is 0.259. The van der Waals surface area contributed by atoms with Crippen LogP contribution in [0.2, 0.25) is 0 Å². The van der Waals surface area contributed by atoms with E-state index in [4.69, 9.17) is 0 Å². The molecule has 2 heteroatoms. The molecule has 0 saturated carbocycles. The van der Waals surface area contributed by atoms with Crippen LogP contribution in [0.3, 0.4) is 0 Å². The molecule has 6 aromatic rings. The second-order valence-electron chi connectivity index (χ2n) is 9.92.